The molecule has 0 atom stereocenters. The van der Waals surface area contributed by atoms with E-state index in [0.29, 0.717) is 26.2 Å². The molecule has 0 saturated carbocycles. The molecule has 14 heavy (non-hydrogen) atoms. The molecule has 1 aromatic heterocycles. The SMILES string of the molecule is NCCn1cc(N2CCOC2=O)cn1. The van der Waals surface area contributed by atoms with Crippen molar-refractivity contribution in [3.63, 3.8) is 0 Å². The zero-order chi connectivity index (χ0) is 9.97. The number of amides is 1. The topological polar surface area (TPSA) is 73.4 Å². The molecule has 0 radical (unpaired) electrons. The van der Waals surface area contributed by atoms with Crippen LogP contribution in [0.1, 0.15) is 0 Å². The van der Waals surface area contributed by atoms with Crippen LogP contribution in [0.15, 0.2) is 12.4 Å². The van der Waals surface area contributed by atoms with Crippen molar-refractivity contribution in [2.24, 2.45) is 5.73 Å². The van der Waals surface area contributed by atoms with Crippen molar-refractivity contribution in [3.8, 4) is 0 Å². The third kappa shape index (κ3) is 1.56. The molecule has 1 aliphatic rings. The van der Waals surface area contributed by atoms with Crippen LogP contribution in [0.4, 0.5) is 10.5 Å². The van der Waals surface area contributed by atoms with Crippen molar-refractivity contribution < 1.29 is 9.53 Å². The van der Waals surface area contributed by atoms with Crippen LogP contribution in [0.25, 0.3) is 0 Å². The Hall–Kier alpha value is -1.56. The number of nitrogens with two attached hydrogens (primary N) is 1. The fourth-order valence-corrected chi connectivity index (χ4v) is 1.37. The van der Waals surface area contributed by atoms with Gasteiger partial charge in [0.05, 0.1) is 25.0 Å². The molecule has 0 bridgehead atoms. The van der Waals surface area contributed by atoms with Crippen LogP contribution in [0.5, 0.6) is 0 Å². The average Bonchev–Trinajstić information content (AvgIpc) is 2.74. The maximum atomic E-state index is 11.2. The summed E-state index contributed by atoms with van der Waals surface area (Å²) >= 11 is 0. The predicted octanol–water partition coefficient (Wildman–Crippen LogP) is -0.202. The van der Waals surface area contributed by atoms with Crippen molar-refractivity contribution >= 4 is 11.8 Å². The lowest BCUT2D eigenvalue weighted by molar-refractivity contribution is 0.181. The molecular formula is C8H12N4O2. The Morgan fingerprint density at radius 3 is 3.14 bits per heavy atom. The monoisotopic (exact) mass is 196 g/mol. The second kappa shape index (κ2) is 3.67. The highest BCUT2D eigenvalue weighted by Crippen LogP contribution is 2.16. The predicted molar refractivity (Wildman–Crippen MR) is 50.0 cm³/mol. The summed E-state index contributed by atoms with van der Waals surface area (Å²) < 4.78 is 6.52. The third-order valence-electron chi connectivity index (χ3n) is 2.05. The Morgan fingerprint density at radius 1 is 1.64 bits per heavy atom. The first kappa shape index (κ1) is 9.01. The van der Waals surface area contributed by atoms with E-state index < -0.39 is 0 Å². The number of nitrogens with zero attached hydrogens (tertiary/aromatic N) is 3. The lowest BCUT2D eigenvalue weighted by Crippen LogP contribution is -2.22. The smallest absolute Gasteiger partial charge is 0.414 e. The molecule has 1 amide bonds. The highest BCUT2D eigenvalue weighted by molar-refractivity contribution is 5.88. The van der Waals surface area contributed by atoms with Crippen molar-refractivity contribution in [2.45, 2.75) is 6.54 Å². The average molecular weight is 196 g/mol. The van der Waals surface area contributed by atoms with Gasteiger partial charge in [0.15, 0.2) is 0 Å². The Kier molecular flexibility index (Phi) is 2.36. The second-order valence-electron chi connectivity index (χ2n) is 3.02. The highest BCUT2D eigenvalue weighted by Gasteiger charge is 2.24. The van der Waals surface area contributed by atoms with Crippen LogP contribution in [-0.4, -0.2) is 35.6 Å². The Balaban J connectivity index is 2.12. The van der Waals surface area contributed by atoms with Crippen LogP contribution in [0, 0.1) is 0 Å². The summed E-state index contributed by atoms with van der Waals surface area (Å²) in [4.78, 5) is 12.7. The normalized spacial score (nSPS) is 16.1. The molecule has 0 spiro atoms. The van der Waals surface area contributed by atoms with E-state index in [9.17, 15) is 4.79 Å². The molecule has 0 unspecified atom stereocenters. The molecule has 2 N–H and O–H groups in total. The molecule has 1 aromatic rings. The van der Waals surface area contributed by atoms with Gasteiger partial charge in [-0.05, 0) is 0 Å². The maximum absolute atomic E-state index is 11.2. The molecule has 6 heteroatoms. The molecular weight excluding hydrogens is 184 g/mol. The van der Waals surface area contributed by atoms with Gasteiger partial charge >= 0.3 is 6.09 Å². The molecule has 6 nitrogen and oxygen atoms in total. The summed E-state index contributed by atoms with van der Waals surface area (Å²) in [5.41, 5.74) is 6.15. The molecule has 1 fully saturated rings. The molecule has 0 aliphatic carbocycles. The molecule has 2 rings (SSSR count). The molecule has 1 saturated heterocycles. The number of carbonyl (C=O) groups excluding carboxylic acids is 1. The standard InChI is InChI=1S/C8H12N4O2/c9-1-2-11-6-7(5-10-11)12-3-4-14-8(12)13/h5-6H,1-4,9H2. The van der Waals surface area contributed by atoms with Crippen LogP contribution >= 0.6 is 0 Å². The number of aromatic nitrogens is 2. The zero-order valence-electron chi connectivity index (χ0n) is 7.72. The van der Waals surface area contributed by atoms with Gasteiger partial charge in [0, 0.05) is 12.7 Å². The molecule has 76 valence electrons. The molecule has 2 heterocycles. The van der Waals surface area contributed by atoms with Gasteiger partial charge in [-0.2, -0.15) is 5.10 Å². The van der Waals surface area contributed by atoms with Crippen LogP contribution in [0.3, 0.4) is 0 Å². The number of ether oxygens (including phenoxy) is 1. The number of hydrogen-bond donors (Lipinski definition) is 1. The number of anilines is 1. The van der Waals surface area contributed by atoms with Gasteiger partial charge in [0.2, 0.25) is 0 Å². The first-order valence-corrected chi connectivity index (χ1v) is 4.48. The van der Waals surface area contributed by atoms with Gasteiger partial charge in [-0.15, -0.1) is 0 Å². The van der Waals surface area contributed by atoms with Crippen LogP contribution < -0.4 is 10.6 Å². The van der Waals surface area contributed by atoms with Crippen LogP contribution in [-0.2, 0) is 11.3 Å². The zero-order valence-corrected chi connectivity index (χ0v) is 7.72. The van der Waals surface area contributed by atoms with Gasteiger partial charge in [0.25, 0.3) is 0 Å². The maximum Gasteiger partial charge on any atom is 0.414 e. The minimum atomic E-state index is -0.308. The van der Waals surface area contributed by atoms with E-state index in [2.05, 4.69) is 5.10 Å². The summed E-state index contributed by atoms with van der Waals surface area (Å²) in [5, 5.41) is 4.07. The van der Waals surface area contributed by atoms with E-state index in [1.54, 1.807) is 22.0 Å². The largest absolute Gasteiger partial charge is 0.447 e. The highest BCUT2D eigenvalue weighted by atomic mass is 16.6. The summed E-state index contributed by atoms with van der Waals surface area (Å²) in [7, 11) is 0. The van der Waals surface area contributed by atoms with Gasteiger partial charge < -0.3 is 10.5 Å². The number of rotatable bonds is 3. The first-order chi connectivity index (χ1) is 6.81. The van der Waals surface area contributed by atoms with E-state index in [1.807, 2.05) is 0 Å². The van der Waals surface area contributed by atoms with Gasteiger partial charge in [-0.1, -0.05) is 0 Å². The van der Waals surface area contributed by atoms with E-state index in [4.69, 9.17) is 10.5 Å². The van der Waals surface area contributed by atoms with Gasteiger partial charge in [-0.25, -0.2) is 4.79 Å². The fraction of sp³-hybridized carbons (Fsp3) is 0.500. The van der Waals surface area contributed by atoms with Gasteiger partial charge in [-0.3, -0.25) is 9.58 Å². The van der Waals surface area contributed by atoms with Crippen molar-refractivity contribution in [2.75, 3.05) is 24.6 Å². The minimum absolute atomic E-state index is 0.308. The number of hydrogen-bond acceptors (Lipinski definition) is 4. The second-order valence-corrected chi connectivity index (χ2v) is 3.02. The van der Waals surface area contributed by atoms with E-state index in [-0.39, 0.29) is 6.09 Å². The Morgan fingerprint density at radius 2 is 2.50 bits per heavy atom. The van der Waals surface area contributed by atoms with E-state index >= 15 is 0 Å². The summed E-state index contributed by atoms with van der Waals surface area (Å²) in [6, 6.07) is 0. The van der Waals surface area contributed by atoms with Crippen molar-refractivity contribution in [1.82, 2.24) is 9.78 Å². The quantitative estimate of drug-likeness (QED) is 0.726. The van der Waals surface area contributed by atoms with E-state index in [1.165, 1.54) is 0 Å². The summed E-state index contributed by atoms with van der Waals surface area (Å²) in [6.07, 6.45) is 3.12. The van der Waals surface area contributed by atoms with Gasteiger partial charge in [0.1, 0.15) is 6.61 Å². The Labute approximate surface area is 81.2 Å². The lowest BCUT2D eigenvalue weighted by Gasteiger charge is -2.07. The molecule has 1 aliphatic heterocycles. The van der Waals surface area contributed by atoms with Crippen molar-refractivity contribution in [1.29, 1.82) is 0 Å². The Bertz CT molecular complexity index is 336. The number of cyclic esters (lactones) is 1. The van der Waals surface area contributed by atoms with Crippen LogP contribution in [0.2, 0.25) is 0 Å². The fourth-order valence-electron chi connectivity index (χ4n) is 1.37. The van der Waals surface area contributed by atoms with E-state index in [0.717, 1.165) is 5.69 Å². The summed E-state index contributed by atoms with van der Waals surface area (Å²) in [6.45, 7) is 2.22. The lowest BCUT2D eigenvalue weighted by atomic mass is 10.5. The molecule has 0 aromatic carbocycles. The number of carbonyl (C=O) groups is 1. The first-order valence-electron chi connectivity index (χ1n) is 4.48. The third-order valence-corrected chi connectivity index (χ3v) is 2.05. The summed E-state index contributed by atoms with van der Waals surface area (Å²) in [5.74, 6) is 0. The minimum Gasteiger partial charge on any atom is -0.447 e. The van der Waals surface area contributed by atoms with Crippen molar-refractivity contribution in [3.05, 3.63) is 12.4 Å².